The number of aliphatic imine (C=N–C) groups is 1. The number of hydrogen-bond donors (Lipinski definition) is 1. The number of amides is 2. The Morgan fingerprint density at radius 1 is 1.19 bits per heavy atom. The van der Waals surface area contributed by atoms with E-state index in [0.717, 1.165) is 30.7 Å². The van der Waals surface area contributed by atoms with Gasteiger partial charge in [0, 0.05) is 25.2 Å². The number of likely N-dealkylation sites (tertiary alicyclic amines) is 1. The highest BCUT2D eigenvalue weighted by Crippen LogP contribution is 2.36. The molecule has 1 N–H and O–H groups in total. The van der Waals surface area contributed by atoms with Crippen LogP contribution in [0.25, 0.3) is 0 Å². The van der Waals surface area contributed by atoms with Crippen LogP contribution in [-0.2, 0) is 12.7 Å². The average molecular weight is 396 g/mol. The van der Waals surface area contributed by atoms with Gasteiger partial charge in [-0.15, -0.1) is 0 Å². The minimum Gasteiger partial charge on any atom is -0.356 e. The first-order chi connectivity index (χ1) is 12.8. The molecule has 1 aliphatic heterocycles. The number of urea groups is 1. The van der Waals surface area contributed by atoms with Crippen molar-refractivity contribution in [1.82, 2.24) is 4.90 Å². The normalized spacial score (nSPS) is 16.0. The Kier molecular flexibility index (Phi) is 5.70. The highest BCUT2D eigenvalue weighted by molar-refractivity contribution is 6.31. The number of carbonyl (C=O) groups excluding carboxylic acids is 1. The zero-order chi connectivity index (χ0) is 19.4. The Hall–Kier alpha value is -2.54. The molecule has 0 unspecified atom stereocenters. The molecule has 1 saturated heterocycles. The molecular weight excluding hydrogens is 379 g/mol. The van der Waals surface area contributed by atoms with Gasteiger partial charge in [0.2, 0.25) is 0 Å². The summed E-state index contributed by atoms with van der Waals surface area (Å²) in [5.74, 6) is 0.626. The first-order valence-corrected chi connectivity index (χ1v) is 8.75. The van der Waals surface area contributed by atoms with Crippen LogP contribution in [0.2, 0.25) is 5.02 Å². The van der Waals surface area contributed by atoms with Crippen LogP contribution in [0.4, 0.5) is 23.7 Å². The average Bonchev–Trinajstić information content (AvgIpc) is 3.03. The molecule has 27 heavy (non-hydrogen) atoms. The predicted octanol–water partition coefficient (Wildman–Crippen LogP) is 5.59. The maximum absolute atomic E-state index is 12.9. The van der Waals surface area contributed by atoms with E-state index in [-0.39, 0.29) is 5.69 Å². The highest BCUT2D eigenvalue weighted by Gasteiger charge is 2.33. The molecule has 0 bridgehead atoms. The van der Waals surface area contributed by atoms with Crippen LogP contribution >= 0.6 is 11.6 Å². The molecular formula is C19H17ClF3N3O. The van der Waals surface area contributed by atoms with Gasteiger partial charge in [-0.3, -0.25) is 0 Å². The maximum Gasteiger partial charge on any atom is 0.417 e. The third kappa shape index (κ3) is 5.01. The van der Waals surface area contributed by atoms with Gasteiger partial charge in [0.15, 0.2) is 0 Å². The van der Waals surface area contributed by atoms with Gasteiger partial charge in [-0.25, -0.2) is 4.79 Å². The molecule has 0 aromatic heterocycles. The molecule has 142 valence electrons. The second-order valence-corrected chi connectivity index (χ2v) is 6.57. The maximum atomic E-state index is 12.9. The zero-order valence-electron chi connectivity index (χ0n) is 14.3. The van der Waals surface area contributed by atoms with Gasteiger partial charge in [-0.2, -0.15) is 18.2 Å². The van der Waals surface area contributed by atoms with E-state index in [1.54, 1.807) is 0 Å². The number of nitrogens with zero attached hydrogens (tertiary/aromatic N) is 2. The lowest BCUT2D eigenvalue weighted by atomic mass is 10.2. The van der Waals surface area contributed by atoms with Crippen molar-refractivity contribution in [3.8, 4) is 0 Å². The summed E-state index contributed by atoms with van der Waals surface area (Å²) < 4.78 is 38.8. The Morgan fingerprint density at radius 3 is 2.63 bits per heavy atom. The third-order valence-electron chi connectivity index (χ3n) is 4.16. The summed E-state index contributed by atoms with van der Waals surface area (Å²) in [6.45, 7) is 1.41. The topological polar surface area (TPSA) is 44.7 Å². The van der Waals surface area contributed by atoms with Crippen molar-refractivity contribution in [3.63, 3.8) is 0 Å². The second kappa shape index (κ2) is 8.00. The van der Waals surface area contributed by atoms with E-state index < -0.39 is 22.8 Å². The first kappa shape index (κ1) is 19.2. The molecule has 0 radical (unpaired) electrons. The summed E-state index contributed by atoms with van der Waals surface area (Å²) in [6, 6.07) is 12.3. The van der Waals surface area contributed by atoms with Gasteiger partial charge in [0.25, 0.3) is 0 Å². The molecule has 2 aromatic rings. The number of rotatable bonds is 3. The SMILES string of the molecule is O=C(N=C1CCCN1Cc1ccccc1)Nc1ccc(Cl)c(C(F)(F)F)c1. The zero-order valence-corrected chi connectivity index (χ0v) is 15.0. The minimum atomic E-state index is -4.60. The number of halogens is 4. The monoisotopic (exact) mass is 395 g/mol. The van der Waals surface area contributed by atoms with E-state index in [0.29, 0.717) is 18.8 Å². The summed E-state index contributed by atoms with van der Waals surface area (Å²) in [5.41, 5.74) is 0.0925. The van der Waals surface area contributed by atoms with Gasteiger partial charge in [0.05, 0.1) is 10.6 Å². The molecule has 0 spiro atoms. The van der Waals surface area contributed by atoms with Crippen LogP contribution in [0.15, 0.2) is 53.5 Å². The van der Waals surface area contributed by atoms with E-state index in [1.807, 2.05) is 35.2 Å². The Balaban J connectivity index is 1.71. The van der Waals surface area contributed by atoms with Crippen molar-refractivity contribution >= 4 is 29.2 Å². The molecule has 4 nitrogen and oxygen atoms in total. The van der Waals surface area contributed by atoms with E-state index in [2.05, 4.69) is 10.3 Å². The van der Waals surface area contributed by atoms with E-state index >= 15 is 0 Å². The molecule has 0 saturated carbocycles. The molecule has 2 aromatic carbocycles. The number of alkyl halides is 3. The van der Waals surface area contributed by atoms with Gasteiger partial charge in [-0.1, -0.05) is 41.9 Å². The number of hydrogen-bond acceptors (Lipinski definition) is 1. The van der Waals surface area contributed by atoms with Crippen LogP contribution in [0.3, 0.4) is 0 Å². The van der Waals surface area contributed by atoms with E-state index in [4.69, 9.17) is 11.6 Å². The highest BCUT2D eigenvalue weighted by atomic mass is 35.5. The number of benzene rings is 2. The standard InChI is InChI=1S/C19H17ClF3N3O/c20-16-9-8-14(11-15(16)19(21,22)23)24-18(27)25-17-7-4-10-26(17)12-13-5-2-1-3-6-13/h1-3,5-6,8-9,11H,4,7,10,12H2,(H,24,27). The number of nitrogens with one attached hydrogen (secondary N) is 1. The summed E-state index contributed by atoms with van der Waals surface area (Å²) in [4.78, 5) is 18.2. The van der Waals surface area contributed by atoms with Crippen LogP contribution in [-0.4, -0.2) is 23.3 Å². The second-order valence-electron chi connectivity index (χ2n) is 6.16. The molecule has 2 amide bonds. The molecule has 3 rings (SSSR count). The lowest BCUT2D eigenvalue weighted by Gasteiger charge is -2.18. The molecule has 0 aliphatic carbocycles. The quantitative estimate of drug-likeness (QED) is 0.736. The van der Waals surface area contributed by atoms with Crippen molar-refractivity contribution in [2.75, 3.05) is 11.9 Å². The third-order valence-corrected chi connectivity index (χ3v) is 4.49. The Bertz CT molecular complexity index is 853. The van der Waals surface area contributed by atoms with Crippen LogP contribution < -0.4 is 5.32 Å². The van der Waals surface area contributed by atoms with E-state index in [9.17, 15) is 18.0 Å². The smallest absolute Gasteiger partial charge is 0.356 e. The van der Waals surface area contributed by atoms with Crippen LogP contribution in [0.1, 0.15) is 24.0 Å². The number of carbonyl (C=O) groups is 1. The fraction of sp³-hybridized carbons (Fsp3) is 0.263. The van der Waals surface area contributed by atoms with Crippen molar-refractivity contribution in [2.45, 2.75) is 25.6 Å². The summed E-state index contributed by atoms with van der Waals surface area (Å²) >= 11 is 5.58. The molecule has 8 heteroatoms. The van der Waals surface area contributed by atoms with Gasteiger partial charge in [-0.05, 0) is 30.2 Å². The van der Waals surface area contributed by atoms with Crippen molar-refractivity contribution in [1.29, 1.82) is 0 Å². The fourth-order valence-corrected chi connectivity index (χ4v) is 3.13. The summed E-state index contributed by atoms with van der Waals surface area (Å²) in [7, 11) is 0. The van der Waals surface area contributed by atoms with Crippen LogP contribution in [0.5, 0.6) is 0 Å². The Morgan fingerprint density at radius 2 is 1.93 bits per heavy atom. The predicted molar refractivity (Wildman–Crippen MR) is 99.0 cm³/mol. The number of amidine groups is 1. The Labute approximate surface area is 159 Å². The molecule has 1 aliphatic rings. The van der Waals surface area contributed by atoms with Crippen molar-refractivity contribution in [2.24, 2.45) is 4.99 Å². The molecule has 0 atom stereocenters. The minimum absolute atomic E-state index is 0.00585. The lowest BCUT2D eigenvalue weighted by molar-refractivity contribution is -0.137. The van der Waals surface area contributed by atoms with Crippen molar-refractivity contribution in [3.05, 3.63) is 64.7 Å². The summed E-state index contributed by atoms with van der Waals surface area (Å²) in [6.07, 6.45) is -3.07. The van der Waals surface area contributed by atoms with Gasteiger partial charge >= 0.3 is 12.2 Å². The fourth-order valence-electron chi connectivity index (χ4n) is 2.90. The number of anilines is 1. The lowest BCUT2D eigenvalue weighted by Crippen LogP contribution is -2.26. The first-order valence-electron chi connectivity index (χ1n) is 8.37. The van der Waals surface area contributed by atoms with Crippen molar-refractivity contribution < 1.29 is 18.0 Å². The van der Waals surface area contributed by atoms with Gasteiger partial charge < -0.3 is 10.2 Å². The molecule has 1 fully saturated rings. The largest absolute Gasteiger partial charge is 0.417 e. The molecule has 1 heterocycles. The summed E-state index contributed by atoms with van der Waals surface area (Å²) in [5, 5.41) is 1.96. The van der Waals surface area contributed by atoms with E-state index in [1.165, 1.54) is 6.07 Å². The van der Waals surface area contributed by atoms with Gasteiger partial charge in [0.1, 0.15) is 5.84 Å². The van der Waals surface area contributed by atoms with Crippen LogP contribution in [0, 0.1) is 0 Å².